The highest BCUT2D eigenvalue weighted by Crippen LogP contribution is 2.61. The van der Waals surface area contributed by atoms with Crippen LogP contribution in [0.4, 0.5) is 0 Å². The molecule has 0 aliphatic heterocycles. The summed E-state index contributed by atoms with van der Waals surface area (Å²) in [6.45, 7) is 0. The summed E-state index contributed by atoms with van der Waals surface area (Å²) < 4.78 is 0. The molecule has 25 heavy (non-hydrogen) atoms. The number of hydrogen-bond acceptors (Lipinski definition) is 0. The van der Waals surface area contributed by atoms with Crippen molar-refractivity contribution in [2.24, 2.45) is 11.8 Å². The van der Waals surface area contributed by atoms with Gasteiger partial charge in [0.2, 0.25) is 0 Å². The van der Waals surface area contributed by atoms with Crippen molar-refractivity contribution in [3.8, 4) is 11.1 Å². The lowest BCUT2D eigenvalue weighted by molar-refractivity contribution is 0.137. The Morgan fingerprint density at radius 2 is 1.32 bits per heavy atom. The molecule has 0 saturated heterocycles. The standard InChI is InChI=1S/C25H28/c1-3-11-19(12-4-1)25(20-13-5-2-6-14-20)23-17-9-7-15-21(23)22-16-8-10-18-24(22)25/h7-10,15,18-20H,1-6,11-14H2. The Morgan fingerprint density at radius 1 is 0.720 bits per heavy atom. The van der Waals surface area contributed by atoms with Gasteiger partial charge in [0, 0.05) is 5.41 Å². The van der Waals surface area contributed by atoms with Crippen LogP contribution in [0.3, 0.4) is 0 Å². The first-order valence-electron chi connectivity index (χ1n) is 10.4. The van der Waals surface area contributed by atoms with Crippen molar-refractivity contribution in [2.45, 2.75) is 69.6 Å². The fourth-order valence-electron chi connectivity index (χ4n) is 6.42. The highest BCUT2D eigenvalue weighted by Gasteiger charge is 2.53. The summed E-state index contributed by atoms with van der Waals surface area (Å²) in [5.74, 6) is 1.58. The van der Waals surface area contributed by atoms with Crippen LogP contribution in [-0.2, 0) is 5.41 Å². The van der Waals surface area contributed by atoms with Crippen LogP contribution in [0.25, 0.3) is 11.1 Å². The Hall–Kier alpha value is -1.56. The molecule has 0 heteroatoms. The number of fused-ring (bicyclic) bond motifs is 3. The molecular formula is C25H28. The smallest absolute Gasteiger partial charge is 0.0277 e. The quantitative estimate of drug-likeness (QED) is 0.574. The third kappa shape index (κ3) is 2.26. The Labute approximate surface area is 152 Å². The van der Waals surface area contributed by atoms with Crippen LogP contribution >= 0.6 is 0 Å². The van der Waals surface area contributed by atoms with Crippen molar-refractivity contribution in [1.82, 2.24) is 0 Å². The van der Waals surface area contributed by atoms with Crippen LogP contribution in [0.15, 0.2) is 36.4 Å². The normalized spacial score (nSPS) is 23.2. The summed E-state index contributed by atoms with van der Waals surface area (Å²) in [6.07, 6.45) is 14.1. The molecule has 0 aromatic heterocycles. The summed E-state index contributed by atoms with van der Waals surface area (Å²) in [4.78, 5) is 0. The third-order valence-corrected chi connectivity index (χ3v) is 7.34. The van der Waals surface area contributed by atoms with Crippen LogP contribution in [0.5, 0.6) is 0 Å². The molecule has 128 valence electrons. The van der Waals surface area contributed by atoms with E-state index in [0.717, 1.165) is 11.8 Å². The highest BCUT2D eigenvalue weighted by atomic mass is 14.6. The van der Waals surface area contributed by atoms with Gasteiger partial charge in [0.1, 0.15) is 0 Å². The molecule has 0 bridgehead atoms. The molecule has 3 aliphatic carbocycles. The summed E-state index contributed by atoms with van der Waals surface area (Å²) in [5, 5.41) is 0. The molecule has 0 amide bonds. The van der Waals surface area contributed by atoms with Gasteiger partial charge in [-0.25, -0.2) is 0 Å². The lowest BCUT2D eigenvalue weighted by atomic mass is 9.55. The summed E-state index contributed by atoms with van der Waals surface area (Å²) in [7, 11) is 0. The summed E-state index contributed by atoms with van der Waals surface area (Å²) in [6, 6.07) is 20.8. The second-order valence-electron chi connectivity index (χ2n) is 8.46. The Balaban J connectivity index is 1.76. The maximum Gasteiger partial charge on any atom is 0.0277 e. The second-order valence-corrected chi connectivity index (χ2v) is 8.46. The topological polar surface area (TPSA) is 0 Å². The van der Waals surface area contributed by atoms with Crippen molar-refractivity contribution in [2.75, 3.05) is 0 Å². The first-order chi connectivity index (χ1) is 12.4. The van der Waals surface area contributed by atoms with Gasteiger partial charge in [-0.2, -0.15) is 0 Å². The van der Waals surface area contributed by atoms with E-state index in [1.165, 1.54) is 80.9 Å². The van der Waals surface area contributed by atoms with Gasteiger partial charge in [-0.1, -0.05) is 74.9 Å². The van der Waals surface area contributed by atoms with Gasteiger partial charge in [0.25, 0.3) is 0 Å². The number of rotatable bonds is 2. The van der Waals surface area contributed by atoms with Gasteiger partial charge in [-0.3, -0.25) is 0 Å². The SMILES string of the molecule is [c]1cccc2c1-c1ccc[c]c1C2(C1CCCCC1)C1CCCCC1. The van der Waals surface area contributed by atoms with Crippen molar-refractivity contribution in [3.63, 3.8) is 0 Å². The van der Waals surface area contributed by atoms with E-state index in [4.69, 9.17) is 0 Å². The molecule has 0 unspecified atom stereocenters. The van der Waals surface area contributed by atoms with E-state index < -0.39 is 0 Å². The molecule has 2 aromatic rings. The van der Waals surface area contributed by atoms with Crippen molar-refractivity contribution >= 4 is 0 Å². The van der Waals surface area contributed by atoms with Gasteiger partial charge in [-0.05, 0) is 71.9 Å². The van der Waals surface area contributed by atoms with E-state index in [9.17, 15) is 0 Å². The molecule has 0 atom stereocenters. The highest BCUT2D eigenvalue weighted by molar-refractivity contribution is 5.80. The molecule has 2 aromatic carbocycles. The molecule has 0 spiro atoms. The van der Waals surface area contributed by atoms with E-state index in [2.05, 4.69) is 48.5 Å². The van der Waals surface area contributed by atoms with E-state index in [1.807, 2.05) is 0 Å². The lowest BCUT2D eigenvalue weighted by Gasteiger charge is -2.48. The number of hydrogen-bond donors (Lipinski definition) is 0. The maximum atomic E-state index is 3.76. The Kier molecular flexibility index (Phi) is 3.95. The zero-order valence-electron chi connectivity index (χ0n) is 15.2. The van der Waals surface area contributed by atoms with Gasteiger partial charge < -0.3 is 0 Å². The van der Waals surface area contributed by atoms with Crippen molar-refractivity contribution < 1.29 is 0 Å². The lowest BCUT2D eigenvalue weighted by Crippen LogP contribution is -2.44. The first-order valence-corrected chi connectivity index (χ1v) is 10.4. The van der Waals surface area contributed by atoms with Gasteiger partial charge in [0.15, 0.2) is 0 Å². The molecule has 0 nitrogen and oxygen atoms in total. The van der Waals surface area contributed by atoms with E-state index in [-0.39, 0.29) is 5.41 Å². The van der Waals surface area contributed by atoms with Crippen molar-refractivity contribution in [1.29, 1.82) is 0 Å². The minimum absolute atomic E-state index is 0.213. The van der Waals surface area contributed by atoms with Crippen LogP contribution in [0.2, 0.25) is 0 Å². The minimum Gasteiger partial charge on any atom is -0.0613 e. The van der Waals surface area contributed by atoms with E-state index >= 15 is 0 Å². The van der Waals surface area contributed by atoms with Gasteiger partial charge in [-0.15, -0.1) is 0 Å². The zero-order valence-corrected chi connectivity index (χ0v) is 15.2. The Morgan fingerprint density at radius 3 is 2.00 bits per heavy atom. The van der Waals surface area contributed by atoms with E-state index in [1.54, 1.807) is 5.56 Å². The molecule has 2 saturated carbocycles. The summed E-state index contributed by atoms with van der Waals surface area (Å²) in [5.41, 5.74) is 6.13. The molecule has 5 rings (SSSR count). The van der Waals surface area contributed by atoms with Crippen molar-refractivity contribution in [3.05, 3.63) is 59.7 Å². The van der Waals surface area contributed by atoms with E-state index in [0.29, 0.717) is 0 Å². The zero-order chi connectivity index (χ0) is 16.7. The molecule has 3 aliphatic rings. The fraction of sp³-hybridized carbons (Fsp3) is 0.520. The summed E-state index contributed by atoms with van der Waals surface area (Å²) >= 11 is 0. The fourth-order valence-corrected chi connectivity index (χ4v) is 6.42. The third-order valence-electron chi connectivity index (χ3n) is 7.34. The first kappa shape index (κ1) is 15.7. The molecule has 2 radical (unpaired) electrons. The van der Waals surface area contributed by atoms with Crippen LogP contribution in [0.1, 0.15) is 75.3 Å². The van der Waals surface area contributed by atoms with Crippen LogP contribution in [0, 0.1) is 24.0 Å². The van der Waals surface area contributed by atoms with Gasteiger partial charge >= 0.3 is 0 Å². The Bertz CT molecular complexity index is 679. The largest absolute Gasteiger partial charge is 0.0613 e. The van der Waals surface area contributed by atoms with Crippen LogP contribution < -0.4 is 0 Å². The maximum absolute atomic E-state index is 3.76. The van der Waals surface area contributed by atoms with Gasteiger partial charge in [0.05, 0.1) is 0 Å². The molecule has 0 heterocycles. The second kappa shape index (κ2) is 6.31. The molecular weight excluding hydrogens is 300 g/mol. The van der Waals surface area contributed by atoms with Crippen LogP contribution in [-0.4, -0.2) is 0 Å². The molecule has 0 N–H and O–H groups in total. The predicted octanol–water partition coefficient (Wildman–Crippen LogP) is 6.71. The minimum atomic E-state index is 0.213. The monoisotopic (exact) mass is 328 g/mol. The average molecular weight is 328 g/mol. The predicted molar refractivity (Wildman–Crippen MR) is 103 cm³/mol. The number of benzene rings is 2. The molecule has 2 fully saturated rings. The average Bonchev–Trinajstić information content (AvgIpc) is 3.01.